The van der Waals surface area contributed by atoms with Gasteiger partial charge in [-0.05, 0) is 43.4 Å². The average molecular weight is 494 g/mol. The van der Waals surface area contributed by atoms with Crippen LogP contribution in [-0.4, -0.2) is 63.0 Å². The Morgan fingerprint density at radius 3 is 2.69 bits per heavy atom. The van der Waals surface area contributed by atoms with Gasteiger partial charge in [-0.15, -0.1) is 24.0 Å². The summed E-state index contributed by atoms with van der Waals surface area (Å²) in [6.45, 7) is 4.22. The first-order valence-electron chi connectivity index (χ1n) is 9.19. The molecule has 146 valence electrons. The largest absolute Gasteiger partial charge is 0.375 e. The Balaban J connectivity index is 0.00000243. The van der Waals surface area contributed by atoms with Crippen LogP contribution in [0.5, 0.6) is 0 Å². The molecule has 0 radical (unpaired) electrons. The summed E-state index contributed by atoms with van der Waals surface area (Å²) >= 11 is 5.93. The van der Waals surface area contributed by atoms with Gasteiger partial charge in [0.05, 0.1) is 12.7 Å². The van der Waals surface area contributed by atoms with Crippen molar-refractivity contribution < 1.29 is 9.47 Å². The maximum atomic E-state index is 5.93. The summed E-state index contributed by atoms with van der Waals surface area (Å²) in [5.41, 5.74) is 1.31. The zero-order chi connectivity index (χ0) is 17.5. The number of nitrogens with one attached hydrogen (secondary N) is 1. The summed E-state index contributed by atoms with van der Waals surface area (Å²) in [5, 5.41) is 4.27. The van der Waals surface area contributed by atoms with E-state index < -0.39 is 0 Å². The van der Waals surface area contributed by atoms with E-state index in [4.69, 9.17) is 21.1 Å². The van der Waals surface area contributed by atoms with E-state index in [1.807, 2.05) is 19.2 Å². The molecule has 2 atom stereocenters. The van der Waals surface area contributed by atoms with Gasteiger partial charge in [0.1, 0.15) is 6.10 Å². The highest BCUT2D eigenvalue weighted by molar-refractivity contribution is 14.0. The third kappa shape index (κ3) is 6.25. The maximum Gasteiger partial charge on any atom is 0.193 e. The molecule has 1 N–H and O–H groups in total. The Hall–Kier alpha value is -0.570. The summed E-state index contributed by atoms with van der Waals surface area (Å²) in [6.07, 6.45) is 4.73. The minimum absolute atomic E-state index is 0. The lowest BCUT2D eigenvalue weighted by Crippen LogP contribution is -2.53. The predicted octanol–water partition coefficient (Wildman–Crippen LogP) is 3.35. The van der Waals surface area contributed by atoms with Crippen molar-refractivity contribution in [3.63, 3.8) is 0 Å². The number of ether oxygens (including phenoxy) is 2. The van der Waals surface area contributed by atoms with E-state index in [1.165, 1.54) is 5.56 Å². The van der Waals surface area contributed by atoms with Crippen LogP contribution in [0.25, 0.3) is 0 Å². The van der Waals surface area contributed by atoms with Crippen LogP contribution in [0.4, 0.5) is 0 Å². The van der Waals surface area contributed by atoms with Gasteiger partial charge in [0.2, 0.25) is 0 Å². The Morgan fingerprint density at radius 2 is 2.00 bits per heavy atom. The van der Waals surface area contributed by atoms with E-state index in [0.717, 1.165) is 69.5 Å². The van der Waals surface area contributed by atoms with Crippen molar-refractivity contribution in [3.8, 4) is 0 Å². The molecule has 2 saturated heterocycles. The van der Waals surface area contributed by atoms with Gasteiger partial charge in [-0.25, -0.2) is 0 Å². The van der Waals surface area contributed by atoms with E-state index in [0.29, 0.717) is 0 Å². The van der Waals surface area contributed by atoms with Crippen molar-refractivity contribution in [2.24, 2.45) is 4.99 Å². The van der Waals surface area contributed by atoms with E-state index in [9.17, 15) is 0 Å². The van der Waals surface area contributed by atoms with Gasteiger partial charge in [-0.3, -0.25) is 4.99 Å². The van der Waals surface area contributed by atoms with Gasteiger partial charge in [-0.1, -0.05) is 23.7 Å². The zero-order valence-electron chi connectivity index (χ0n) is 15.3. The first kappa shape index (κ1) is 21.7. The van der Waals surface area contributed by atoms with Crippen molar-refractivity contribution in [3.05, 3.63) is 34.9 Å². The lowest BCUT2D eigenvalue weighted by atomic mass is 10.1. The van der Waals surface area contributed by atoms with Crippen LogP contribution in [0.3, 0.4) is 0 Å². The van der Waals surface area contributed by atoms with Crippen molar-refractivity contribution in [1.29, 1.82) is 0 Å². The molecule has 0 aromatic heterocycles. The highest BCUT2D eigenvalue weighted by Gasteiger charge is 2.32. The molecule has 0 aliphatic carbocycles. The second kappa shape index (κ2) is 11.3. The molecule has 2 fully saturated rings. The fourth-order valence-corrected chi connectivity index (χ4v) is 3.59. The van der Waals surface area contributed by atoms with Crippen LogP contribution >= 0.6 is 35.6 Å². The minimum atomic E-state index is 0. The van der Waals surface area contributed by atoms with E-state index in [-0.39, 0.29) is 36.2 Å². The Labute approximate surface area is 178 Å². The van der Waals surface area contributed by atoms with Crippen molar-refractivity contribution in [2.75, 3.05) is 39.9 Å². The zero-order valence-corrected chi connectivity index (χ0v) is 18.4. The molecular formula is C19H29ClIN3O2. The third-order valence-electron chi connectivity index (χ3n) is 4.82. The molecule has 1 aromatic rings. The quantitative estimate of drug-likeness (QED) is 0.296. The van der Waals surface area contributed by atoms with Gasteiger partial charge in [-0.2, -0.15) is 0 Å². The number of benzene rings is 1. The minimum Gasteiger partial charge on any atom is -0.375 e. The molecule has 5 nitrogen and oxygen atoms in total. The molecule has 2 heterocycles. The SMILES string of the molecule is CN=C(NCCCc1ccc(Cl)cc1)N1CCOC(C2CCCO2)C1.I. The molecule has 0 bridgehead atoms. The average Bonchev–Trinajstić information content (AvgIpc) is 3.18. The van der Waals surface area contributed by atoms with Crippen molar-refractivity contribution in [1.82, 2.24) is 10.2 Å². The molecule has 2 aliphatic heterocycles. The highest BCUT2D eigenvalue weighted by Crippen LogP contribution is 2.21. The fourth-order valence-electron chi connectivity index (χ4n) is 3.46. The van der Waals surface area contributed by atoms with Crippen LogP contribution in [0.2, 0.25) is 5.02 Å². The Kier molecular flexibility index (Phi) is 9.45. The number of hydrogen-bond donors (Lipinski definition) is 1. The van der Waals surface area contributed by atoms with Gasteiger partial charge in [0.15, 0.2) is 5.96 Å². The normalized spacial score (nSPS) is 23.6. The number of morpholine rings is 1. The number of nitrogens with zero attached hydrogens (tertiary/aromatic N) is 2. The Bertz CT molecular complexity index is 564. The first-order valence-corrected chi connectivity index (χ1v) is 9.57. The summed E-state index contributed by atoms with van der Waals surface area (Å²) < 4.78 is 11.7. The second-order valence-electron chi connectivity index (χ2n) is 6.61. The summed E-state index contributed by atoms with van der Waals surface area (Å²) in [6, 6.07) is 8.07. The van der Waals surface area contributed by atoms with Gasteiger partial charge < -0.3 is 19.7 Å². The predicted molar refractivity (Wildman–Crippen MR) is 117 cm³/mol. The van der Waals surface area contributed by atoms with E-state index in [2.05, 4.69) is 27.3 Å². The smallest absolute Gasteiger partial charge is 0.193 e. The van der Waals surface area contributed by atoms with Crippen molar-refractivity contribution in [2.45, 2.75) is 37.9 Å². The molecular weight excluding hydrogens is 465 g/mol. The number of guanidine groups is 1. The van der Waals surface area contributed by atoms with E-state index in [1.54, 1.807) is 0 Å². The monoisotopic (exact) mass is 493 g/mol. The summed E-state index contributed by atoms with van der Waals surface area (Å²) in [4.78, 5) is 6.74. The van der Waals surface area contributed by atoms with Gasteiger partial charge in [0, 0.05) is 38.3 Å². The molecule has 7 heteroatoms. The molecule has 0 spiro atoms. The molecule has 0 saturated carbocycles. The topological polar surface area (TPSA) is 46.1 Å². The highest BCUT2D eigenvalue weighted by atomic mass is 127. The van der Waals surface area contributed by atoms with Crippen LogP contribution in [0, 0.1) is 0 Å². The number of halogens is 2. The molecule has 0 amide bonds. The number of aryl methyl sites for hydroxylation is 1. The number of hydrogen-bond acceptors (Lipinski definition) is 3. The molecule has 2 unspecified atom stereocenters. The van der Waals surface area contributed by atoms with Gasteiger partial charge >= 0.3 is 0 Å². The third-order valence-corrected chi connectivity index (χ3v) is 5.07. The summed E-state index contributed by atoms with van der Waals surface area (Å²) in [7, 11) is 1.85. The Morgan fingerprint density at radius 1 is 1.23 bits per heavy atom. The second-order valence-corrected chi connectivity index (χ2v) is 7.05. The molecule has 3 rings (SSSR count). The molecule has 2 aliphatic rings. The number of aliphatic imine (C=N–C) groups is 1. The van der Waals surface area contributed by atoms with Crippen LogP contribution in [-0.2, 0) is 15.9 Å². The lowest BCUT2D eigenvalue weighted by Gasteiger charge is -2.37. The molecule has 1 aromatic carbocycles. The maximum absolute atomic E-state index is 5.93. The standard InChI is InChI=1S/C19H28ClN3O2.HI/c1-21-19(22-10-2-4-15-6-8-16(20)9-7-15)23-11-13-25-18(14-23)17-5-3-12-24-17;/h6-9,17-18H,2-5,10-14H2,1H3,(H,21,22);1H. The van der Waals surface area contributed by atoms with Crippen LogP contribution < -0.4 is 5.32 Å². The molecule has 26 heavy (non-hydrogen) atoms. The summed E-state index contributed by atoms with van der Waals surface area (Å²) in [5.74, 6) is 0.961. The lowest BCUT2D eigenvalue weighted by molar-refractivity contribution is -0.0816. The number of rotatable bonds is 5. The van der Waals surface area contributed by atoms with E-state index >= 15 is 0 Å². The first-order chi connectivity index (χ1) is 12.3. The van der Waals surface area contributed by atoms with Crippen LogP contribution in [0.15, 0.2) is 29.3 Å². The fraction of sp³-hybridized carbons (Fsp3) is 0.632. The van der Waals surface area contributed by atoms with Gasteiger partial charge in [0.25, 0.3) is 0 Å². The van der Waals surface area contributed by atoms with Crippen molar-refractivity contribution >= 4 is 41.5 Å². The van der Waals surface area contributed by atoms with Crippen LogP contribution in [0.1, 0.15) is 24.8 Å².